The summed E-state index contributed by atoms with van der Waals surface area (Å²) in [5, 5.41) is 0. The van der Waals surface area contributed by atoms with Crippen molar-refractivity contribution in [2.45, 2.75) is 38.5 Å². The molecule has 2 aliphatic rings. The van der Waals surface area contributed by atoms with Crippen LogP contribution in [0.5, 0.6) is 0 Å². The molecular formula is C20H28FN3O2. The van der Waals surface area contributed by atoms with Gasteiger partial charge in [-0.25, -0.2) is 4.39 Å². The second-order valence-corrected chi connectivity index (χ2v) is 7.14. The van der Waals surface area contributed by atoms with Gasteiger partial charge in [-0.2, -0.15) is 0 Å². The molecule has 5 nitrogen and oxygen atoms in total. The molecule has 6 heteroatoms. The van der Waals surface area contributed by atoms with Gasteiger partial charge in [-0.3, -0.25) is 9.59 Å². The fourth-order valence-corrected chi connectivity index (χ4v) is 3.72. The standard InChI is InChI=1S/C20H28FN3O2/c21-17-7-9-18(10-8-17)22-13-15-24(16-14-22)20(26)6-4-5-19(25)23-11-2-1-3-12-23/h7-10H,1-6,11-16H2. The van der Waals surface area contributed by atoms with E-state index in [0.29, 0.717) is 32.4 Å². The number of amides is 2. The fraction of sp³-hybridized carbons (Fsp3) is 0.600. The lowest BCUT2D eigenvalue weighted by molar-refractivity contribution is -0.133. The molecule has 2 saturated heterocycles. The number of benzene rings is 1. The van der Waals surface area contributed by atoms with Crippen LogP contribution in [0.4, 0.5) is 10.1 Å². The van der Waals surface area contributed by atoms with E-state index < -0.39 is 0 Å². The van der Waals surface area contributed by atoms with E-state index in [4.69, 9.17) is 0 Å². The van der Waals surface area contributed by atoms with Crippen molar-refractivity contribution in [2.75, 3.05) is 44.2 Å². The zero-order chi connectivity index (χ0) is 18.4. The molecule has 0 radical (unpaired) electrons. The Balaban J connectivity index is 1.37. The lowest BCUT2D eigenvalue weighted by Crippen LogP contribution is -2.48. The Morgan fingerprint density at radius 1 is 0.769 bits per heavy atom. The van der Waals surface area contributed by atoms with Gasteiger partial charge in [0.05, 0.1) is 0 Å². The summed E-state index contributed by atoms with van der Waals surface area (Å²) in [6.45, 7) is 4.61. The Kier molecular flexibility index (Phi) is 6.47. The number of piperazine rings is 1. The summed E-state index contributed by atoms with van der Waals surface area (Å²) in [6, 6.07) is 6.48. The van der Waals surface area contributed by atoms with E-state index in [1.54, 1.807) is 12.1 Å². The molecule has 0 unspecified atom stereocenters. The third-order valence-corrected chi connectivity index (χ3v) is 5.31. The number of hydrogen-bond acceptors (Lipinski definition) is 3. The summed E-state index contributed by atoms with van der Waals surface area (Å²) in [5.41, 5.74) is 0.991. The number of nitrogens with zero attached hydrogens (tertiary/aromatic N) is 3. The third-order valence-electron chi connectivity index (χ3n) is 5.31. The first-order valence-electron chi connectivity index (χ1n) is 9.69. The highest BCUT2D eigenvalue weighted by Crippen LogP contribution is 2.18. The third kappa shape index (κ3) is 4.96. The lowest BCUT2D eigenvalue weighted by Gasteiger charge is -2.36. The fourth-order valence-electron chi connectivity index (χ4n) is 3.72. The maximum absolute atomic E-state index is 13.0. The number of hydrogen-bond donors (Lipinski definition) is 0. The molecule has 142 valence electrons. The molecule has 0 N–H and O–H groups in total. The zero-order valence-electron chi connectivity index (χ0n) is 15.3. The predicted molar refractivity (Wildman–Crippen MR) is 99.5 cm³/mol. The topological polar surface area (TPSA) is 43.9 Å². The second-order valence-electron chi connectivity index (χ2n) is 7.14. The Bertz CT molecular complexity index is 606. The van der Waals surface area contributed by atoms with Crippen molar-refractivity contribution >= 4 is 17.5 Å². The molecule has 3 rings (SSSR count). The first-order chi connectivity index (χ1) is 12.6. The molecule has 0 aliphatic carbocycles. The average molecular weight is 361 g/mol. The summed E-state index contributed by atoms with van der Waals surface area (Å²) in [7, 11) is 0. The molecule has 1 aromatic rings. The molecule has 26 heavy (non-hydrogen) atoms. The number of halogens is 1. The van der Waals surface area contributed by atoms with Crippen LogP contribution in [-0.4, -0.2) is 60.9 Å². The van der Waals surface area contributed by atoms with Crippen LogP contribution in [0.25, 0.3) is 0 Å². The van der Waals surface area contributed by atoms with Gasteiger partial charge in [0.15, 0.2) is 0 Å². The van der Waals surface area contributed by atoms with E-state index in [1.807, 2.05) is 9.80 Å². The normalized spacial score (nSPS) is 18.1. The molecule has 0 atom stereocenters. The number of likely N-dealkylation sites (tertiary alicyclic amines) is 1. The van der Waals surface area contributed by atoms with Crippen LogP contribution < -0.4 is 4.90 Å². The van der Waals surface area contributed by atoms with Crippen LogP contribution in [0.1, 0.15) is 38.5 Å². The van der Waals surface area contributed by atoms with Gasteiger partial charge in [0.2, 0.25) is 11.8 Å². The quantitative estimate of drug-likeness (QED) is 0.810. The first kappa shape index (κ1) is 18.7. The minimum atomic E-state index is -0.235. The number of anilines is 1. The van der Waals surface area contributed by atoms with Gasteiger partial charge in [0, 0.05) is 57.8 Å². The van der Waals surface area contributed by atoms with Gasteiger partial charge < -0.3 is 14.7 Å². The van der Waals surface area contributed by atoms with Gasteiger partial charge in [-0.1, -0.05) is 0 Å². The molecule has 2 heterocycles. The number of rotatable bonds is 5. The molecule has 2 aliphatic heterocycles. The molecular weight excluding hydrogens is 333 g/mol. The van der Waals surface area contributed by atoms with E-state index in [0.717, 1.165) is 44.7 Å². The summed E-state index contributed by atoms with van der Waals surface area (Å²) >= 11 is 0. The molecule has 2 fully saturated rings. The number of piperidine rings is 1. The van der Waals surface area contributed by atoms with Crippen LogP contribution in [0.2, 0.25) is 0 Å². The van der Waals surface area contributed by atoms with E-state index >= 15 is 0 Å². The average Bonchev–Trinajstić information content (AvgIpc) is 2.69. The van der Waals surface area contributed by atoms with E-state index in [-0.39, 0.29) is 17.6 Å². The van der Waals surface area contributed by atoms with Crippen molar-refractivity contribution < 1.29 is 14.0 Å². The van der Waals surface area contributed by atoms with Crippen molar-refractivity contribution in [1.29, 1.82) is 0 Å². The maximum atomic E-state index is 13.0. The number of carbonyl (C=O) groups is 2. The van der Waals surface area contributed by atoms with E-state index in [2.05, 4.69) is 4.90 Å². The smallest absolute Gasteiger partial charge is 0.222 e. The second kappa shape index (κ2) is 9.01. The summed E-state index contributed by atoms with van der Waals surface area (Å²) in [4.78, 5) is 30.5. The van der Waals surface area contributed by atoms with E-state index in [1.165, 1.54) is 18.6 Å². The first-order valence-corrected chi connectivity index (χ1v) is 9.69. The lowest BCUT2D eigenvalue weighted by atomic mass is 10.1. The molecule has 0 bridgehead atoms. The van der Waals surface area contributed by atoms with Crippen molar-refractivity contribution in [3.63, 3.8) is 0 Å². The maximum Gasteiger partial charge on any atom is 0.222 e. The van der Waals surface area contributed by atoms with Gasteiger partial charge in [-0.15, -0.1) is 0 Å². The Morgan fingerprint density at radius 3 is 1.88 bits per heavy atom. The monoisotopic (exact) mass is 361 g/mol. The van der Waals surface area contributed by atoms with Gasteiger partial charge >= 0.3 is 0 Å². The van der Waals surface area contributed by atoms with Crippen LogP contribution in [0.15, 0.2) is 24.3 Å². The van der Waals surface area contributed by atoms with Crippen molar-refractivity contribution in [1.82, 2.24) is 9.80 Å². The summed E-state index contributed by atoms with van der Waals surface area (Å²) in [6.07, 6.45) is 4.96. The highest BCUT2D eigenvalue weighted by atomic mass is 19.1. The van der Waals surface area contributed by atoms with Crippen molar-refractivity contribution in [3.05, 3.63) is 30.1 Å². The number of carbonyl (C=O) groups excluding carboxylic acids is 2. The Labute approximate surface area is 154 Å². The Hall–Kier alpha value is -2.11. The highest BCUT2D eigenvalue weighted by Gasteiger charge is 2.22. The molecule has 0 saturated carbocycles. The van der Waals surface area contributed by atoms with Crippen LogP contribution in [-0.2, 0) is 9.59 Å². The van der Waals surface area contributed by atoms with Gasteiger partial charge in [-0.05, 0) is 49.9 Å². The molecule has 0 spiro atoms. The predicted octanol–water partition coefficient (Wildman–Crippen LogP) is 2.66. The van der Waals surface area contributed by atoms with Crippen molar-refractivity contribution in [3.8, 4) is 0 Å². The Morgan fingerprint density at radius 2 is 1.31 bits per heavy atom. The SMILES string of the molecule is O=C(CCCC(=O)N1CCN(c2ccc(F)cc2)CC1)N1CCCCC1. The molecule has 1 aromatic carbocycles. The van der Waals surface area contributed by atoms with Crippen LogP contribution in [0, 0.1) is 5.82 Å². The summed E-state index contributed by atoms with van der Waals surface area (Å²) in [5.74, 6) is 0.0930. The summed E-state index contributed by atoms with van der Waals surface area (Å²) < 4.78 is 13.0. The van der Waals surface area contributed by atoms with Crippen molar-refractivity contribution in [2.24, 2.45) is 0 Å². The molecule has 0 aromatic heterocycles. The highest BCUT2D eigenvalue weighted by molar-refractivity contribution is 5.79. The molecule has 2 amide bonds. The van der Waals surface area contributed by atoms with E-state index in [9.17, 15) is 14.0 Å². The van der Waals surface area contributed by atoms with Crippen LogP contribution in [0.3, 0.4) is 0 Å². The van der Waals surface area contributed by atoms with Crippen LogP contribution >= 0.6 is 0 Å². The minimum absolute atomic E-state index is 0.134. The minimum Gasteiger partial charge on any atom is -0.368 e. The van der Waals surface area contributed by atoms with Gasteiger partial charge in [0.25, 0.3) is 0 Å². The largest absolute Gasteiger partial charge is 0.368 e. The zero-order valence-corrected chi connectivity index (χ0v) is 15.3. The van der Waals surface area contributed by atoms with Gasteiger partial charge in [0.1, 0.15) is 5.82 Å².